The molecule has 2 N–H and O–H groups in total. The zero-order valence-electron chi connectivity index (χ0n) is 19.4. The highest BCUT2D eigenvalue weighted by Crippen LogP contribution is 2.28. The summed E-state index contributed by atoms with van der Waals surface area (Å²) in [7, 11) is 1.50. The average molecular weight is 457 g/mol. The highest BCUT2D eigenvalue weighted by Gasteiger charge is 2.11. The molecule has 0 spiro atoms. The molecule has 0 saturated carbocycles. The van der Waals surface area contributed by atoms with Crippen LogP contribution in [0.5, 0.6) is 17.2 Å². The Balaban J connectivity index is 1.80. The smallest absolute Gasteiger partial charge is 0.257 e. The van der Waals surface area contributed by atoms with Crippen LogP contribution in [0.25, 0.3) is 0 Å². The van der Waals surface area contributed by atoms with Gasteiger partial charge in [-0.05, 0) is 55.3 Å². The van der Waals surface area contributed by atoms with Crippen molar-refractivity contribution in [3.05, 3.63) is 53.6 Å². The molecule has 0 heterocycles. The highest BCUT2D eigenvalue weighted by atomic mass is 16.5. The quantitative estimate of drug-likeness (QED) is 0.423. The molecule has 2 amide bonds. The van der Waals surface area contributed by atoms with Gasteiger partial charge in [-0.15, -0.1) is 0 Å². The predicted octanol–water partition coefficient (Wildman–Crippen LogP) is 3.28. The molecule has 0 aliphatic heterocycles. The van der Waals surface area contributed by atoms with Crippen LogP contribution in [0.2, 0.25) is 0 Å². The molecule has 0 saturated heterocycles. The summed E-state index contributed by atoms with van der Waals surface area (Å²) in [6, 6.07) is 12.2. The van der Waals surface area contributed by atoms with Gasteiger partial charge in [0.1, 0.15) is 5.75 Å². The second-order valence-corrected chi connectivity index (χ2v) is 7.30. The Bertz CT molecular complexity index is 927. The van der Waals surface area contributed by atoms with Crippen molar-refractivity contribution < 1.29 is 28.6 Å². The molecule has 2 aromatic rings. The average Bonchev–Trinajstić information content (AvgIpc) is 2.84. The van der Waals surface area contributed by atoms with E-state index in [1.807, 2.05) is 13.8 Å². The lowest BCUT2D eigenvalue weighted by Crippen LogP contribution is -2.28. The first-order chi connectivity index (χ1) is 16.0. The maximum Gasteiger partial charge on any atom is 0.257 e. The number of amides is 2. The summed E-state index contributed by atoms with van der Waals surface area (Å²) < 4.78 is 16.3. The molecule has 0 fully saturated rings. The molecule has 8 heteroatoms. The maximum absolute atomic E-state index is 12.3. The Labute approximate surface area is 194 Å². The zero-order chi connectivity index (χ0) is 24.1. The lowest BCUT2D eigenvalue weighted by atomic mass is 10.1. The molecule has 33 heavy (non-hydrogen) atoms. The van der Waals surface area contributed by atoms with E-state index in [4.69, 9.17) is 14.2 Å². The minimum absolute atomic E-state index is 0.0949. The number of Topliss-reactive ketones (excluding diaryl/α,β-unsaturated/α-hetero) is 1. The van der Waals surface area contributed by atoms with Crippen LogP contribution in [-0.2, 0) is 16.1 Å². The number of nitrogens with one attached hydrogen (secondary N) is 2. The van der Waals surface area contributed by atoms with Crippen LogP contribution in [0.4, 0.5) is 0 Å². The van der Waals surface area contributed by atoms with Gasteiger partial charge in [0.2, 0.25) is 5.91 Å². The van der Waals surface area contributed by atoms with Crippen LogP contribution in [0, 0.1) is 0 Å². The van der Waals surface area contributed by atoms with E-state index < -0.39 is 0 Å². The number of hydrogen-bond acceptors (Lipinski definition) is 6. The summed E-state index contributed by atoms with van der Waals surface area (Å²) >= 11 is 0. The van der Waals surface area contributed by atoms with Crippen molar-refractivity contribution in [2.75, 3.05) is 26.9 Å². The molecule has 0 atom stereocenters. The minimum atomic E-state index is -0.221. The van der Waals surface area contributed by atoms with E-state index in [0.29, 0.717) is 30.2 Å². The minimum Gasteiger partial charge on any atom is -0.494 e. The van der Waals surface area contributed by atoms with E-state index in [-0.39, 0.29) is 43.6 Å². The van der Waals surface area contributed by atoms with Crippen molar-refractivity contribution in [2.24, 2.45) is 0 Å². The Morgan fingerprint density at radius 2 is 1.61 bits per heavy atom. The van der Waals surface area contributed by atoms with Crippen molar-refractivity contribution in [3.63, 3.8) is 0 Å². The highest BCUT2D eigenvalue weighted by molar-refractivity contribution is 5.98. The first-order valence-corrected chi connectivity index (χ1v) is 11.1. The van der Waals surface area contributed by atoms with Crippen LogP contribution in [-0.4, -0.2) is 44.5 Å². The van der Waals surface area contributed by atoms with Gasteiger partial charge >= 0.3 is 0 Å². The Kier molecular flexibility index (Phi) is 10.7. The summed E-state index contributed by atoms with van der Waals surface area (Å²) in [4.78, 5) is 36.1. The molecule has 2 rings (SSSR count). The molecule has 0 bridgehead atoms. The number of benzene rings is 2. The van der Waals surface area contributed by atoms with Gasteiger partial charge in [-0.2, -0.15) is 0 Å². The number of carbonyl (C=O) groups is 3. The molecule has 0 aliphatic carbocycles. The van der Waals surface area contributed by atoms with Gasteiger partial charge in [-0.3, -0.25) is 14.4 Å². The van der Waals surface area contributed by atoms with Crippen LogP contribution < -0.4 is 24.8 Å². The van der Waals surface area contributed by atoms with Crippen molar-refractivity contribution >= 4 is 17.6 Å². The molecule has 0 radical (unpaired) electrons. The van der Waals surface area contributed by atoms with E-state index in [1.165, 1.54) is 7.11 Å². The van der Waals surface area contributed by atoms with Crippen LogP contribution in [0.15, 0.2) is 42.5 Å². The van der Waals surface area contributed by atoms with Gasteiger partial charge in [-0.1, -0.05) is 13.0 Å². The lowest BCUT2D eigenvalue weighted by Gasteiger charge is -2.12. The van der Waals surface area contributed by atoms with Crippen LogP contribution >= 0.6 is 0 Å². The number of rotatable bonds is 14. The van der Waals surface area contributed by atoms with E-state index in [1.54, 1.807) is 42.5 Å². The van der Waals surface area contributed by atoms with Crippen molar-refractivity contribution in [2.45, 2.75) is 39.7 Å². The Morgan fingerprint density at radius 3 is 2.27 bits per heavy atom. The summed E-state index contributed by atoms with van der Waals surface area (Å²) in [5.74, 6) is 1.10. The predicted molar refractivity (Wildman–Crippen MR) is 125 cm³/mol. The number of hydrogen-bond donors (Lipinski definition) is 2. The van der Waals surface area contributed by atoms with Gasteiger partial charge in [0.05, 0.1) is 13.7 Å². The lowest BCUT2D eigenvalue weighted by molar-refractivity contribution is -0.123. The molecule has 8 nitrogen and oxygen atoms in total. The largest absolute Gasteiger partial charge is 0.494 e. The second-order valence-electron chi connectivity index (χ2n) is 7.30. The van der Waals surface area contributed by atoms with Crippen LogP contribution in [0.3, 0.4) is 0 Å². The third-order valence-electron chi connectivity index (χ3n) is 4.68. The molecular formula is C25H32N2O6. The summed E-state index contributed by atoms with van der Waals surface area (Å²) in [6.07, 6.45) is 1.13. The normalized spacial score (nSPS) is 10.3. The number of ketones is 1. The van der Waals surface area contributed by atoms with E-state index in [9.17, 15) is 14.4 Å². The third kappa shape index (κ3) is 8.84. The van der Waals surface area contributed by atoms with Gasteiger partial charge in [-0.25, -0.2) is 0 Å². The number of carbonyl (C=O) groups excluding carboxylic acids is 3. The SMILES string of the molecule is CCCOc1ccc(C(=O)CCC(=O)NCc2ccc(OCC(=O)NCC)c(OC)c2)cc1. The second kappa shape index (κ2) is 13.8. The summed E-state index contributed by atoms with van der Waals surface area (Å²) in [5, 5.41) is 5.46. The topological polar surface area (TPSA) is 103 Å². The summed E-state index contributed by atoms with van der Waals surface area (Å²) in [6.45, 7) is 5.19. The third-order valence-corrected chi connectivity index (χ3v) is 4.68. The molecule has 0 aromatic heterocycles. The monoisotopic (exact) mass is 456 g/mol. The first kappa shape index (κ1) is 25.7. The van der Waals surface area contributed by atoms with Gasteiger partial charge < -0.3 is 24.8 Å². The molecule has 2 aromatic carbocycles. The number of ether oxygens (including phenoxy) is 3. The fourth-order valence-corrected chi connectivity index (χ4v) is 2.95. The van der Waals surface area contributed by atoms with Gasteiger partial charge in [0.15, 0.2) is 23.9 Å². The van der Waals surface area contributed by atoms with E-state index in [2.05, 4.69) is 10.6 Å². The van der Waals surface area contributed by atoms with Crippen molar-refractivity contribution in [1.82, 2.24) is 10.6 Å². The van der Waals surface area contributed by atoms with E-state index in [0.717, 1.165) is 17.7 Å². The Hall–Kier alpha value is -3.55. The van der Waals surface area contributed by atoms with Gasteiger partial charge in [0.25, 0.3) is 5.91 Å². The number of methoxy groups -OCH3 is 1. The van der Waals surface area contributed by atoms with E-state index >= 15 is 0 Å². The number of likely N-dealkylation sites (N-methyl/N-ethyl adjacent to an activating group) is 1. The molecule has 178 valence electrons. The van der Waals surface area contributed by atoms with Crippen molar-refractivity contribution in [1.29, 1.82) is 0 Å². The maximum atomic E-state index is 12.3. The molecule has 0 aliphatic rings. The fraction of sp³-hybridized carbons (Fsp3) is 0.400. The Morgan fingerprint density at radius 1 is 0.848 bits per heavy atom. The molecular weight excluding hydrogens is 424 g/mol. The standard InChI is InChI=1S/C25H32N2O6/c1-4-14-32-20-9-7-19(8-10-20)21(28)11-13-24(29)27-16-18-6-12-22(23(15-18)31-3)33-17-25(30)26-5-2/h6-10,12,15H,4-5,11,13-14,16-17H2,1-3H3,(H,26,30)(H,27,29). The zero-order valence-corrected chi connectivity index (χ0v) is 19.4. The molecule has 0 unspecified atom stereocenters. The van der Waals surface area contributed by atoms with Gasteiger partial charge in [0, 0.05) is 31.5 Å². The summed E-state index contributed by atoms with van der Waals surface area (Å²) in [5.41, 5.74) is 1.36. The van der Waals surface area contributed by atoms with Crippen LogP contribution in [0.1, 0.15) is 49.0 Å². The first-order valence-electron chi connectivity index (χ1n) is 11.1. The fourth-order valence-electron chi connectivity index (χ4n) is 2.95. The van der Waals surface area contributed by atoms with Crippen molar-refractivity contribution in [3.8, 4) is 17.2 Å².